The highest BCUT2D eigenvalue weighted by Gasteiger charge is 2.18. The van der Waals surface area contributed by atoms with Crippen molar-refractivity contribution in [1.82, 2.24) is 9.97 Å². The molecule has 0 saturated carbocycles. The standard InChI is InChI=1S/C18H17N3O2/c1-3-21(16-10-11-19-18(20-16)23-2)17(22)15-9-8-13-6-4-5-7-14(13)12-15/h4-12H,3H2,1-2H3. The third-order valence-electron chi connectivity index (χ3n) is 3.64. The normalized spacial score (nSPS) is 10.5. The zero-order chi connectivity index (χ0) is 16.2. The molecule has 1 amide bonds. The molecule has 0 bridgehead atoms. The summed E-state index contributed by atoms with van der Waals surface area (Å²) in [6, 6.07) is 15.6. The maximum absolute atomic E-state index is 12.8. The highest BCUT2D eigenvalue weighted by Crippen LogP contribution is 2.20. The highest BCUT2D eigenvalue weighted by atomic mass is 16.5. The van der Waals surface area contributed by atoms with Gasteiger partial charge in [-0.25, -0.2) is 4.98 Å². The lowest BCUT2D eigenvalue weighted by molar-refractivity contribution is 0.0987. The minimum Gasteiger partial charge on any atom is -0.467 e. The van der Waals surface area contributed by atoms with Crippen molar-refractivity contribution in [2.24, 2.45) is 0 Å². The molecule has 116 valence electrons. The molecule has 0 spiro atoms. The van der Waals surface area contributed by atoms with Crippen molar-refractivity contribution in [3.8, 4) is 6.01 Å². The smallest absolute Gasteiger partial charge is 0.318 e. The third-order valence-corrected chi connectivity index (χ3v) is 3.64. The van der Waals surface area contributed by atoms with Gasteiger partial charge in [0.1, 0.15) is 5.82 Å². The number of rotatable bonds is 4. The summed E-state index contributed by atoms with van der Waals surface area (Å²) in [6.45, 7) is 2.42. The van der Waals surface area contributed by atoms with Gasteiger partial charge in [-0.15, -0.1) is 0 Å². The van der Waals surface area contributed by atoms with E-state index in [1.165, 1.54) is 7.11 Å². The monoisotopic (exact) mass is 307 g/mol. The van der Waals surface area contributed by atoms with Gasteiger partial charge in [0.25, 0.3) is 5.91 Å². The summed E-state index contributed by atoms with van der Waals surface area (Å²) in [6.07, 6.45) is 1.58. The maximum Gasteiger partial charge on any atom is 0.318 e. The van der Waals surface area contributed by atoms with Crippen molar-refractivity contribution >= 4 is 22.5 Å². The minimum absolute atomic E-state index is 0.0981. The van der Waals surface area contributed by atoms with Gasteiger partial charge < -0.3 is 4.74 Å². The SMILES string of the molecule is CCN(C(=O)c1ccc2ccccc2c1)c1ccnc(OC)n1. The second-order valence-electron chi connectivity index (χ2n) is 5.01. The number of methoxy groups -OCH3 is 1. The van der Waals surface area contributed by atoms with Gasteiger partial charge in [-0.05, 0) is 35.9 Å². The van der Waals surface area contributed by atoms with Crippen molar-refractivity contribution in [2.45, 2.75) is 6.92 Å². The predicted octanol–water partition coefficient (Wildman–Crippen LogP) is 3.31. The van der Waals surface area contributed by atoms with Crippen LogP contribution in [0.1, 0.15) is 17.3 Å². The molecule has 0 N–H and O–H groups in total. The van der Waals surface area contributed by atoms with Crippen LogP contribution >= 0.6 is 0 Å². The Hall–Kier alpha value is -2.95. The number of ether oxygens (including phenoxy) is 1. The van der Waals surface area contributed by atoms with Crippen LogP contribution in [0, 0.1) is 0 Å². The van der Waals surface area contributed by atoms with E-state index < -0.39 is 0 Å². The number of nitrogens with zero attached hydrogens (tertiary/aromatic N) is 3. The van der Waals surface area contributed by atoms with Crippen molar-refractivity contribution in [1.29, 1.82) is 0 Å². The zero-order valence-corrected chi connectivity index (χ0v) is 13.1. The molecule has 1 aromatic heterocycles. The molecule has 5 heteroatoms. The van der Waals surface area contributed by atoms with Crippen molar-refractivity contribution in [3.05, 3.63) is 60.3 Å². The summed E-state index contributed by atoms with van der Waals surface area (Å²) in [4.78, 5) is 22.7. The summed E-state index contributed by atoms with van der Waals surface area (Å²) in [7, 11) is 1.50. The second-order valence-corrected chi connectivity index (χ2v) is 5.01. The topological polar surface area (TPSA) is 55.3 Å². The van der Waals surface area contributed by atoms with Gasteiger partial charge in [-0.1, -0.05) is 30.3 Å². The maximum atomic E-state index is 12.8. The molecule has 0 aliphatic rings. The number of carbonyl (C=O) groups excluding carboxylic acids is 1. The number of amides is 1. The summed E-state index contributed by atoms with van der Waals surface area (Å²) < 4.78 is 5.03. The highest BCUT2D eigenvalue weighted by molar-refractivity contribution is 6.07. The van der Waals surface area contributed by atoms with Gasteiger partial charge >= 0.3 is 6.01 Å². The predicted molar refractivity (Wildman–Crippen MR) is 89.9 cm³/mol. The van der Waals surface area contributed by atoms with E-state index in [0.29, 0.717) is 17.9 Å². The number of benzene rings is 2. The molecule has 5 nitrogen and oxygen atoms in total. The first-order chi connectivity index (χ1) is 11.2. The van der Waals surface area contributed by atoms with Crippen LogP contribution in [0.5, 0.6) is 6.01 Å². The molecule has 1 heterocycles. The molecule has 0 aliphatic heterocycles. The average molecular weight is 307 g/mol. The first-order valence-electron chi connectivity index (χ1n) is 7.40. The number of hydrogen-bond donors (Lipinski definition) is 0. The van der Waals surface area contributed by atoms with E-state index in [9.17, 15) is 4.79 Å². The second kappa shape index (κ2) is 6.44. The fraction of sp³-hybridized carbons (Fsp3) is 0.167. The quantitative estimate of drug-likeness (QED) is 0.742. The van der Waals surface area contributed by atoms with Gasteiger partial charge in [-0.2, -0.15) is 4.98 Å². The average Bonchev–Trinajstić information content (AvgIpc) is 2.62. The van der Waals surface area contributed by atoms with E-state index in [-0.39, 0.29) is 11.9 Å². The first kappa shape index (κ1) is 15.0. The van der Waals surface area contributed by atoms with Gasteiger partial charge in [0.05, 0.1) is 7.11 Å². The Labute approximate surface area is 134 Å². The summed E-state index contributed by atoms with van der Waals surface area (Å²) >= 11 is 0. The van der Waals surface area contributed by atoms with Crippen LogP contribution in [0.3, 0.4) is 0 Å². The van der Waals surface area contributed by atoms with E-state index in [1.54, 1.807) is 17.2 Å². The van der Waals surface area contributed by atoms with Crippen LogP contribution in [0.15, 0.2) is 54.7 Å². The minimum atomic E-state index is -0.0981. The number of anilines is 1. The van der Waals surface area contributed by atoms with E-state index in [0.717, 1.165) is 10.8 Å². The Bertz CT molecular complexity index is 848. The zero-order valence-electron chi connectivity index (χ0n) is 13.1. The summed E-state index contributed by atoms with van der Waals surface area (Å²) in [5.41, 5.74) is 0.628. The number of fused-ring (bicyclic) bond motifs is 1. The number of aromatic nitrogens is 2. The lowest BCUT2D eigenvalue weighted by Gasteiger charge is -2.20. The molecule has 3 aromatic rings. The van der Waals surface area contributed by atoms with Gasteiger partial charge in [-0.3, -0.25) is 9.69 Å². The molecule has 0 unspecified atom stereocenters. The summed E-state index contributed by atoms with van der Waals surface area (Å²) in [5, 5.41) is 2.14. The van der Waals surface area contributed by atoms with Crippen molar-refractivity contribution in [2.75, 3.05) is 18.6 Å². The lowest BCUT2D eigenvalue weighted by Crippen LogP contribution is -2.31. The fourth-order valence-electron chi connectivity index (χ4n) is 2.47. The molecule has 0 radical (unpaired) electrons. The number of hydrogen-bond acceptors (Lipinski definition) is 4. The van der Waals surface area contributed by atoms with E-state index in [2.05, 4.69) is 9.97 Å². The van der Waals surface area contributed by atoms with E-state index in [1.807, 2.05) is 49.4 Å². The molecule has 0 atom stereocenters. The molecule has 3 rings (SSSR count). The van der Waals surface area contributed by atoms with Gasteiger partial charge in [0, 0.05) is 18.3 Å². The van der Waals surface area contributed by atoms with Crippen LogP contribution in [-0.2, 0) is 0 Å². The molecule has 0 aliphatic carbocycles. The first-order valence-corrected chi connectivity index (χ1v) is 7.40. The van der Waals surface area contributed by atoms with Crippen molar-refractivity contribution < 1.29 is 9.53 Å². The third kappa shape index (κ3) is 2.99. The summed E-state index contributed by atoms with van der Waals surface area (Å²) in [5.74, 6) is 0.427. The number of carbonyl (C=O) groups is 1. The van der Waals surface area contributed by atoms with Gasteiger partial charge in [0.15, 0.2) is 0 Å². The Morgan fingerprint density at radius 2 is 1.91 bits per heavy atom. The molecule has 0 saturated heterocycles. The fourth-order valence-corrected chi connectivity index (χ4v) is 2.47. The molecule has 0 fully saturated rings. The molecular weight excluding hydrogens is 290 g/mol. The lowest BCUT2D eigenvalue weighted by atomic mass is 10.1. The van der Waals surface area contributed by atoms with Crippen LogP contribution in [-0.4, -0.2) is 29.5 Å². The largest absolute Gasteiger partial charge is 0.467 e. The van der Waals surface area contributed by atoms with Crippen LogP contribution < -0.4 is 9.64 Å². The van der Waals surface area contributed by atoms with Crippen molar-refractivity contribution in [3.63, 3.8) is 0 Å². The van der Waals surface area contributed by atoms with E-state index >= 15 is 0 Å². The Morgan fingerprint density at radius 1 is 1.13 bits per heavy atom. The Kier molecular flexibility index (Phi) is 4.19. The van der Waals surface area contributed by atoms with Crippen LogP contribution in [0.2, 0.25) is 0 Å². The van der Waals surface area contributed by atoms with Crippen LogP contribution in [0.25, 0.3) is 10.8 Å². The van der Waals surface area contributed by atoms with Crippen LogP contribution in [0.4, 0.5) is 5.82 Å². The van der Waals surface area contributed by atoms with Gasteiger partial charge in [0.2, 0.25) is 0 Å². The van der Waals surface area contributed by atoms with E-state index in [4.69, 9.17) is 4.74 Å². The molecular formula is C18H17N3O2. The molecule has 2 aromatic carbocycles. The Balaban J connectivity index is 1.97. The molecule has 23 heavy (non-hydrogen) atoms. The Morgan fingerprint density at radius 3 is 2.65 bits per heavy atom.